The smallest absolute Gasteiger partial charge is 0.159 e. The summed E-state index contributed by atoms with van der Waals surface area (Å²) in [5.41, 5.74) is 0. The first kappa shape index (κ1) is 13.6. The highest BCUT2D eigenvalue weighted by Gasteiger charge is 2.20. The fourth-order valence-corrected chi connectivity index (χ4v) is 3.34. The average Bonchev–Trinajstić information content (AvgIpc) is 2.76. The van der Waals surface area contributed by atoms with E-state index in [0.29, 0.717) is 11.2 Å². The van der Waals surface area contributed by atoms with Crippen molar-refractivity contribution < 1.29 is 0 Å². The summed E-state index contributed by atoms with van der Waals surface area (Å²) >= 11 is 6.15. The summed E-state index contributed by atoms with van der Waals surface area (Å²) in [5.74, 6) is 0.955. The van der Waals surface area contributed by atoms with Gasteiger partial charge in [0.25, 0.3) is 0 Å². The second-order valence-corrected chi connectivity index (χ2v) is 5.97. The van der Waals surface area contributed by atoms with Crippen molar-refractivity contribution in [1.82, 2.24) is 10.2 Å². The Labute approximate surface area is 124 Å². The Bertz CT molecular complexity index is 591. The fraction of sp³-hybridized carbons (Fsp3) is 0.500. The van der Waals surface area contributed by atoms with Crippen LogP contribution in [0.3, 0.4) is 0 Å². The van der Waals surface area contributed by atoms with Crippen molar-refractivity contribution in [3.63, 3.8) is 0 Å². The van der Waals surface area contributed by atoms with Crippen molar-refractivity contribution in [2.45, 2.75) is 44.6 Å². The zero-order chi connectivity index (χ0) is 13.9. The van der Waals surface area contributed by atoms with Crippen molar-refractivity contribution in [3.05, 3.63) is 29.4 Å². The summed E-state index contributed by atoms with van der Waals surface area (Å²) in [6.45, 7) is 0. The first-order valence-corrected chi connectivity index (χ1v) is 7.79. The lowest BCUT2D eigenvalue weighted by Crippen LogP contribution is -2.32. The van der Waals surface area contributed by atoms with E-state index in [-0.39, 0.29) is 0 Å². The van der Waals surface area contributed by atoms with Crippen molar-refractivity contribution >= 4 is 28.2 Å². The number of halogens is 1. The SMILES string of the molecule is CN(c1nnc(Cl)c2ccccc12)C1CCCCCC1. The maximum absolute atomic E-state index is 6.15. The number of hydrogen-bond acceptors (Lipinski definition) is 3. The van der Waals surface area contributed by atoms with Crippen LogP contribution in [0.15, 0.2) is 24.3 Å². The van der Waals surface area contributed by atoms with Gasteiger partial charge in [-0.1, -0.05) is 61.5 Å². The molecule has 0 spiro atoms. The summed E-state index contributed by atoms with van der Waals surface area (Å²) in [6.07, 6.45) is 7.83. The van der Waals surface area contributed by atoms with Crippen LogP contribution in [0.4, 0.5) is 5.82 Å². The molecule has 0 aliphatic heterocycles. The number of fused-ring (bicyclic) bond motifs is 1. The van der Waals surface area contributed by atoms with E-state index in [2.05, 4.69) is 28.2 Å². The summed E-state index contributed by atoms with van der Waals surface area (Å²) in [4.78, 5) is 2.30. The number of benzene rings is 1. The molecule has 1 heterocycles. The highest BCUT2D eigenvalue weighted by molar-refractivity contribution is 6.34. The van der Waals surface area contributed by atoms with E-state index in [1.165, 1.54) is 38.5 Å². The second-order valence-electron chi connectivity index (χ2n) is 5.62. The molecular weight excluding hydrogens is 270 g/mol. The Morgan fingerprint density at radius 3 is 2.35 bits per heavy atom. The zero-order valence-electron chi connectivity index (χ0n) is 11.8. The lowest BCUT2D eigenvalue weighted by Gasteiger charge is -2.28. The van der Waals surface area contributed by atoms with E-state index in [0.717, 1.165) is 16.6 Å². The van der Waals surface area contributed by atoms with E-state index >= 15 is 0 Å². The molecule has 4 heteroatoms. The van der Waals surface area contributed by atoms with Gasteiger partial charge in [-0.25, -0.2) is 0 Å². The molecule has 1 aliphatic rings. The molecule has 1 saturated carbocycles. The molecule has 3 rings (SSSR count). The van der Waals surface area contributed by atoms with Crippen LogP contribution in [0.25, 0.3) is 10.8 Å². The molecule has 1 aliphatic carbocycles. The van der Waals surface area contributed by atoms with Crippen LogP contribution in [0, 0.1) is 0 Å². The Balaban J connectivity index is 1.98. The molecule has 1 aromatic carbocycles. The normalized spacial score (nSPS) is 17.1. The summed E-state index contributed by atoms with van der Waals surface area (Å²) in [5, 5.41) is 11.0. The van der Waals surface area contributed by atoms with Gasteiger partial charge in [0.1, 0.15) is 0 Å². The molecule has 20 heavy (non-hydrogen) atoms. The first-order chi connectivity index (χ1) is 9.77. The van der Waals surface area contributed by atoms with Gasteiger partial charge < -0.3 is 4.90 Å². The third kappa shape index (κ3) is 2.59. The second kappa shape index (κ2) is 5.96. The summed E-state index contributed by atoms with van der Waals surface area (Å²) in [7, 11) is 2.14. The van der Waals surface area contributed by atoms with Gasteiger partial charge in [0, 0.05) is 23.9 Å². The minimum atomic E-state index is 0.485. The minimum Gasteiger partial charge on any atom is -0.355 e. The van der Waals surface area contributed by atoms with Gasteiger partial charge in [-0.15, -0.1) is 10.2 Å². The van der Waals surface area contributed by atoms with Crippen LogP contribution in [-0.4, -0.2) is 23.3 Å². The monoisotopic (exact) mass is 289 g/mol. The third-order valence-corrected chi connectivity index (χ3v) is 4.61. The van der Waals surface area contributed by atoms with Gasteiger partial charge in [0.2, 0.25) is 0 Å². The summed E-state index contributed by atoms with van der Waals surface area (Å²) in [6, 6.07) is 8.68. The highest BCUT2D eigenvalue weighted by atomic mass is 35.5. The van der Waals surface area contributed by atoms with Crippen molar-refractivity contribution in [1.29, 1.82) is 0 Å². The predicted molar refractivity (Wildman–Crippen MR) is 84.4 cm³/mol. The molecule has 3 nitrogen and oxygen atoms in total. The molecule has 1 fully saturated rings. The molecule has 0 bridgehead atoms. The molecule has 0 saturated heterocycles. The number of hydrogen-bond donors (Lipinski definition) is 0. The van der Waals surface area contributed by atoms with Crippen LogP contribution in [0.5, 0.6) is 0 Å². The maximum atomic E-state index is 6.15. The molecule has 1 aromatic heterocycles. The fourth-order valence-electron chi connectivity index (χ4n) is 3.14. The van der Waals surface area contributed by atoms with Crippen LogP contribution in [0.2, 0.25) is 5.15 Å². The van der Waals surface area contributed by atoms with Crippen LogP contribution in [-0.2, 0) is 0 Å². The predicted octanol–water partition coefficient (Wildman–Crippen LogP) is 4.44. The largest absolute Gasteiger partial charge is 0.355 e. The highest BCUT2D eigenvalue weighted by Crippen LogP contribution is 2.31. The Morgan fingerprint density at radius 2 is 1.65 bits per heavy atom. The summed E-state index contributed by atoms with van der Waals surface area (Å²) < 4.78 is 0. The zero-order valence-corrected chi connectivity index (χ0v) is 12.6. The lowest BCUT2D eigenvalue weighted by molar-refractivity contribution is 0.549. The maximum Gasteiger partial charge on any atom is 0.159 e. The van der Waals surface area contributed by atoms with Crippen molar-refractivity contribution in [2.75, 3.05) is 11.9 Å². The minimum absolute atomic E-state index is 0.485. The van der Waals surface area contributed by atoms with E-state index < -0.39 is 0 Å². The molecular formula is C16H20ClN3. The Hall–Kier alpha value is -1.35. The molecule has 0 N–H and O–H groups in total. The van der Waals surface area contributed by atoms with Crippen LogP contribution >= 0.6 is 11.6 Å². The number of rotatable bonds is 2. The number of anilines is 1. The van der Waals surface area contributed by atoms with E-state index in [1.54, 1.807) is 0 Å². The molecule has 0 amide bonds. The standard InChI is InChI=1S/C16H20ClN3/c1-20(12-8-4-2-3-5-9-12)16-14-11-7-6-10-13(14)15(17)18-19-16/h6-7,10-12H,2-5,8-9H2,1H3. The quantitative estimate of drug-likeness (QED) is 0.765. The van der Waals surface area contributed by atoms with E-state index in [4.69, 9.17) is 11.6 Å². The number of aromatic nitrogens is 2. The van der Waals surface area contributed by atoms with Crippen molar-refractivity contribution in [2.24, 2.45) is 0 Å². The van der Waals surface area contributed by atoms with E-state index in [9.17, 15) is 0 Å². The molecule has 0 atom stereocenters. The van der Waals surface area contributed by atoms with Gasteiger partial charge in [-0.2, -0.15) is 0 Å². The molecule has 106 valence electrons. The topological polar surface area (TPSA) is 29.0 Å². The lowest BCUT2D eigenvalue weighted by atomic mass is 10.1. The molecule has 0 unspecified atom stereocenters. The Kier molecular flexibility index (Phi) is 4.06. The first-order valence-electron chi connectivity index (χ1n) is 7.41. The third-order valence-electron chi connectivity index (χ3n) is 4.33. The van der Waals surface area contributed by atoms with Gasteiger partial charge in [-0.3, -0.25) is 0 Å². The van der Waals surface area contributed by atoms with Gasteiger partial charge in [-0.05, 0) is 12.8 Å². The van der Waals surface area contributed by atoms with Crippen LogP contribution < -0.4 is 4.90 Å². The molecule has 0 radical (unpaired) electrons. The molecule has 2 aromatic rings. The van der Waals surface area contributed by atoms with Crippen LogP contribution in [0.1, 0.15) is 38.5 Å². The van der Waals surface area contributed by atoms with Gasteiger partial charge in [0.15, 0.2) is 11.0 Å². The van der Waals surface area contributed by atoms with E-state index in [1.807, 2.05) is 18.2 Å². The average molecular weight is 290 g/mol. The number of nitrogens with zero attached hydrogens (tertiary/aromatic N) is 3. The van der Waals surface area contributed by atoms with Gasteiger partial charge >= 0.3 is 0 Å². The Morgan fingerprint density at radius 1 is 1.00 bits per heavy atom. The van der Waals surface area contributed by atoms with Gasteiger partial charge in [0.05, 0.1) is 0 Å². The van der Waals surface area contributed by atoms with Crippen molar-refractivity contribution in [3.8, 4) is 0 Å².